The van der Waals surface area contributed by atoms with Gasteiger partial charge in [-0.05, 0) is 18.2 Å². The highest BCUT2D eigenvalue weighted by molar-refractivity contribution is 6.30. The third-order valence-corrected chi connectivity index (χ3v) is 2.80. The molecule has 7 heteroatoms. The van der Waals surface area contributed by atoms with Crippen molar-refractivity contribution in [3.05, 3.63) is 28.8 Å². The van der Waals surface area contributed by atoms with Crippen molar-refractivity contribution in [3.63, 3.8) is 0 Å². The van der Waals surface area contributed by atoms with E-state index in [2.05, 4.69) is 4.74 Å². The van der Waals surface area contributed by atoms with E-state index >= 15 is 0 Å². The van der Waals surface area contributed by atoms with E-state index in [1.807, 2.05) is 6.04 Å². The fourth-order valence-electron chi connectivity index (χ4n) is 1.79. The summed E-state index contributed by atoms with van der Waals surface area (Å²) in [6.45, 7) is -0.749. The van der Waals surface area contributed by atoms with Crippen molar-refractivity contribution in [1.29, 1.82) is 0 Å². The average Bonchev–Trinajstić information content (AvgIpc) is 2.44. The number of benzene rings is 1. The van der Waals surface area contributed by atoms with E-state index in [9.17, 15) is 18.0 Å². The molecular weight excluding hydrogens is 283 g/mol. The maximum Gasteiger partial charge on any atom is 0.418 e. The number of hydrogen-bond acceptors (Lipinski definition) is 2. The van der Waals surface area contributed by atoms with Gasteiger partial charge >= 0.3 is 6.18 Å². The minimum atomic E-state index is -4.66. The number of hydrogen-bond donors (Lipinski definition) is 0. The first-order valence-electron chi connectivity index (χ1n) is 5.11. The predicted octanol–water partition coefficient (Wildman–Crippen LogP) is 2.90. The van der Waals surface area contributed by atoms with Crippen molar-refractivity contribution in [2.24, 2.45) is 0 Å². The summed E-state index contributed by atoms with van der Waals surface area (Å²) in [5, 5.41) is 0.0999. The second-order valence-electron chi connectivity index (χ2n) is 3.79. The first-order chi connectivity index (χ1) is 8.84. The Morgan fingerprint density at radius 2 is 2.16 bits per heavy atom. The Morgan fingerprint density at radius 1 is 1.47 bits per heavy atom. The molecule has 19 heavy (non-hydrogen) atoms. The Kier molecular flexibility index (Phi) is 3.43. The van der Waals surface area contributed by atoms with E-state index in [1.54, 1.807) is 0 Å². The van der Waals surface area contributed by atoms with Crippen LogP contribution in [0.1, 0.15) is 11.7 Å². The van der Waals surface area contributed by atoms with Crippen molar-refractivity contribution in [2.75, 3.05) is 11.5 Å². The van der Waals surface area contributed by atoms with Crippen LogP contribution in [-0.2, 0) is 9.53 Å². The molecule has 2 rings (SSSR count). The third-order valence-electron chi connectivity index (χ3n) is 2.56. The number of anilines is 1. The van der Waals surface area contributed by atoms with Crippen molar-refractivity contribution in [3.8, 4) is 12.5 Å². The Morgan fingerprint density at radius 3 is 2.74 bits per heavy atom. The van der Waals surface area contributed by atoms with Crippen LogP contribution in [0.3, 0.4) is 0 Å². The zero-order valence-electron chi connectivity index (χ0n) is 9.37. The van der Waals surface area contributed by atoms with Crippen molar-refractivity contribution in [2.45, 2.75) is 12.3 Å². The van der Waals surface area contributed by atoms with Crippen LogP contribution in [0.2, 0.25) is 5.02 Å². The normalized spacial score (nSPS) is 19.6. The predicted molar refractivity (Wildman–Crippen MR) is 62.5 cm³/mol. The molecule has 0 fully saturated rings. The largest absolute Gasteiger partial charge is 0.418 e. The van der Waals surface area contributed by atoms with Crippen LogP contribution in [-0.4, -0.2) is 18.7 Å². The number of rotatable bonds is 0. The molecule has 0 aromatic heterocycles. The molecule has 0 radical (unpaired) electrons. The van der Waals surface area contributed by atoms with Crippen LogP contribution in [0.4, 0.5) is 18.9 Å². The molecule has 1 aromatic rings. The van der Waals surface area contributed by atoms with E-state index in [-0.39, 0.29) is 16.3 Å². The second kappa shape index (κ2) is 4.76. The molecule has 3 nitrogen and oxygen atoms in total. The topological polar surface area (TPSA) is 29.5 Å². The number of ether oxygens (including phenoxy) is 1. The average molecular weight is 290 g/mol. The molecule has 1 aliphatic rings. The van der Waals surface area contributed by atoms with Gasteiger partial charge < -0.3 is 4.74 Å². The summed E-state index contributed by atoms with van der Waals surface area (Å²) in [5.41, 5.74) is -0.319. The SMILES string of the molecule is C#CN1C(=O)COC(C(F)(F)F)c2cc(Cl)ccc21. The van der Waals surface area contributed by atoms with Gasteiger partial charge in [-0.2, -0.15) is 13.2 Å². The highest BCUT2D eigenvalue weighted by Crippen LogP contribution is 2.42. The highest BCUT2D eigenvalue weighted by Gasteiger charge is 2.45. The zero-order valence-corrected chi connectivity index (χ0v) is 10.1. The maximum absolute atomic E-state index is 12.9. The fraction of sp³-hybridized carbons (Fsp3) is 0.250. The first-order valence-corrected chi connectivity index (χ1v) is 5.49. The lowest BCUT2D eigenvalue weighted by Crippen LogP contribution is -2.28. The molecule has 1 amide bonds. The molecule has 1 aliphatic heterocycles. The van der Waals surface area contributed by atoms with E-state index < -0.39 is 24.8 Å². The quantitative estimate of drug-likeness (QED) is 0.687. The molecule has 1 atom stereocenters. The minimum absolute atomic E-state index is 0.0447. The molecular formula is C12H7ClF3NO2. The minimum Gasteiger partial charge on any atom is -0.354 e. The molecule has 0 saturated heterocycles. The van der Waals surface area contributed by atoms with Gasteiger partial charge in [-0.3, -0.25) is 4.79 Å². The number of halogens is 4. The van der Waals surface area contributed by atoms with E-state index in [1.165, 1.54) is 12.1 Å². The maximum atomic E-state index is 12.9. The number of nitrogens with zero attached hydrogens (tertiary/aromatic N) is 1. The summed E-state index contributed by atoms with van der Waals surface area (Å²) in [7, 11) is 0. The summed E-state index contributed by atoms with van der Waals surface area (Å²) in [5.74, 6) is -0.738. The molecule has 1 aromatic carbocycles. The smallest absolute Gasteiger partial charge is 0.354 e. The lowest BCUT2D eigenvalue weighted by Gasteiger charge is -2.21. The summed E-state index contributed by atoms with van der Waals surface area (Å²) in [6.07, 6.45) is -1.74. The summed E-state index contributed by atoms with van der Waals surface area (Å²) < 4.78 is 43.4. The summed E-state index contributed by atoms with van der Waals surface area (Å²) in [6, 6.07) is 5.75. The van der Waals surface area contributed by atoms with Gasteiger partial charge in [0.1, 0.15) is 6.61 Å². The number of fused-ring (bicyclic) bond motifs is 1. The van der Waals surface area contributed by atoms with Crippen LogP contribution < -0.4 is 4.90 Å². The Balaban J connectivity index is 2.64. The molecule has 0 saturated carbocycles. The van der Waals surface area contributed by atoms with Crippen LogP contribution in [0.25, 0.3) is 0 Å². The van der Waals surface area contributed by atoms with Crippen LogP contribution in [0, 0.1) is 12.5 Å². The first kappa shape index (κ1) is 13.7. The van der Waals surface area contributed by atoms with Gasteiger partial charge in [-0.25, -0.2) is 4.90 Å². The van der Waals surface area contributed by atoms with Gasteiger partial charge in [0.05, 0.1) is 5.69 Å². The molecule has 1 heterocycles. The van der Waals surface area contributed by atoms with Gasteiger partial charge in [0.15, 0.2) is 6.10 Å². The monoisotopic (exact) mass is 289 g/mol. The van der Waals surface area contributed by atoms with Gasteiger partial charge in [0, 0.05) is 16.6 Å². The number of terminal acetylenes is 1. The molecule has 0 aliphatic carbocycles. The van der Waals surface area contributed by atoms with Crippen LogP contribution in [0.5, 0.6) is 0 Å². The lowest BCUT2D eigenvalue weighted by atomic mass is 10.1. The van der Waals surface area contributed by atoms with Crippen molar-refractivity contribution >= 4 is 23.2 Å². The summed E-state index contributed by atoms with van der Waals surface area (Å²) in [4.78, 5) is 12.4. The number of alkyl halides is 3. The standard InChI is InChI=1S/C12H7ClF3NO2/c1-2-17-9-4-3-7(13)5-8(9)11(12(14,15)16)19-6-10(17)18/h1,3-5,11H,6H2. The summed E-state index contributed by atoms with van der Waals surface area (Å²) >= 11 is 5.69. The number of carbonyl (C=O) groups excluding carboxylic acids is 1. The fourth-order valence-corrected chi connectivity index (χ4v) is 1.98. The molecule has 100 valence electrons. The number of carbonyl (C=O) groups is 1. The Bertz CT molecular complexity index is 565. The highest BCUT2D eigenvalue weighted by atomic mass is 35.5. The molecule has 0 N–H and O–H groups in total. The molecule has 1 unspecified atom stereocenters. The van der Waals surface area contributed by atoms with E-state index in [4.69, 9.17) is 18.0 Å². The van der Waals surface area contributed by atoms with E-state index in [0.29, 0.717) is 0 Å². The van der Waals surface area contributed by atoms with Gasteiger partial charge in [-0.15, -0.1) is 0 Å². The zero-order chi connectivity index (χ0) is 14.2. The van der Waals surface area contributed by atoms with Gasteiger partial charge in [0.25, 0.3) is 5.91 Å². The number of amides is 1. The van der Waals surface area contributed by atoms with Crippen LogP contribution in [0.15, 0.2) is 18.2 Å². The van der Waals surface area contributed by atoms with Crippen LogP contribution >= 0.6 is 11.6 Å². The Hall–Kier alpha value is -1.71. The van der Waals surface area contributed by atoms with Gasteiger partial charge in [-0.1, -0.05) is 18.0 Å². The van der Waals surface area contributed by atoms with Gasteiger partial charge in [0.2, 0.25) is 0 Å². The Labute approximate surface area is 111 Å². The molecule has 0 bridgehead atoms. The lowest BCUT2D eigenvalue weighted by molar-refractivity contribution is -0.221. The second-order valence-corrected chi connectivity index (χ2v) is 4.23. The molecule has 0 spiro atoms. The third kappa shape index (κ3) is 2.53. The van der Waals surface area contributed by atoms with Crippen molar-refractivity contribution in [1.82, 2.24) is 0 Å². The van der Waals surface area contributed by atoms with Crippen molar-refractivity contribution < 1.29 is 22.7 Å². The van der Waals surface area contributed by atoms with E-state index in [0.717, 1.165) is 11.0 Å².